The van der Waals surface area contributed by atoms with Crippen LogP contribution >= 0.6 is 0 Å². The molecular formula is C22H21F2N7O3. The fourth-order valence-electron chi connectivity index (χ4n) is 2.89. The van der Waals surface area contributed by atoms with Crippen LogP contribution in [-0.4, -0.2) is 30.8 Å². The average Bonchev–Trinajstić information content (AvgIpc) is 3.42. The molecule has 4 rings (SSSR count). The zero-order chi connectivity index (χ0) is 24.5. The number of urea groups is 1. The van der Waals surface area contributed by atoms with E-state index in [2.05, 4.69) is 30.7 Å². The second kappa shape index (κ2) is 8.89. The number of halogens is 2. The molecule has 0 fully saturated rings. The number of amides is 2. The SMILES string of the molecule is Cn1nc(C(C)(C)C)cc1NC(=O)Nc1cc(Oc2nccc(-c3cnco3)n2)c(F)cc1F. The van der Waals surface area contributed by atoms with Crippen molar-refractivity contribution in [2.24, 2.45) is 7.05 Å². The van der Waals surface area contributed by atoms with E-state index < -0.39 is 17.7 Å². The lowest BCUT2D eigenvalue weighted by atomic mass is 9.92. The maximum absolute atomic E-state index is 14.4. The van der Waals surface area contributed by atoms with Gasteiger partial charge in [-0.2, -0.15) is 10.1 Å². The first-order valence-corrected chi connectivity index (χ1v) is 10.1. The molecule has 4 aromatic rings. The Labute approximate surface area is 193 Å². The van der Waals surface area contributed by atoms with Crippen LogP contribution in [0.25, 0.3) is 11.5 Å². The highest BCUT2D eigenvalue weighted by molar-refractivity contribution is 5.99. The van der Waals surface area contributed by atoms with Crippen LogP contribution < -0.4 is 15.4 Å². The summed E-state index contributed by atoms with van der Waals surface area (Å²) in [4.78, 5) is 24.3. The summed E-state index contributed by atoms with van der Waals surface area (Å²) in [6.45, 7) is 5.96. The molecule has 0 aliphatic rings. The predicted molar refractivity (Wildman–Crippen MR) is 119 cm³/mol. The number of benzene rings is 1. The van der Waals surface area contributed by atoms with E-state index in [1.807, 2.05) is 20.8 Å². The van der Waals surface area contributed by atoms with E-state index in [4.69, 9.17) is 9.15 Å². The molecule has 0 saturated carbocycles. The summed E-state index contributed by atoms with van der Waals surface area (Å²) < 4.78 is 40.8. The van der Waals surface area contributed by atoms with Crippen LogP contribution in [0.2, 0.25) is 0 Å². The Bertz CT molecular complexity index is 1330. The fourth-order valence-corrected chi connectivity index (χ4v) is 2.89. The van der Waals surface area contributed by atoms with Crippen molar-refractivity contribution in [1.82, 2.24) is 24.7 Å². The van der Waals surface area contributed by atoms with Gasteiger partial charge in [0.25, 0.3) is 0 Å². The summed E-state index contributed by atoms with van der Waals surface area (Å²) in [7, 11) is 1.67. The molecule has 2 amide bonds. The Morgan fingerprint density at radius 2 is 1.94 bits per heavy atom. The molecule has 3 heterocycles. The van der Waals surface area contributed by atoms with E-state index in [1.165, 1.54) is 23.5 Å². The van der Waals surface area contributed by atoms with Gasteiger partial charge in [0.15, 0.2) is 23.7 Å². The summed E-state index contributed by atoms with van der Waals surface area (Å²) in [5.74, 6) is -1.62. The molecule has 0 bridgehead atoms. The van der Waals surface area contributed by atoms with Crippen LogP contribution in [-0.2, 0) is 12.5 Å². The molecule has 12 heteroatoms. The number of oxazole rings is 1. The number of nitrogens with one attached hydrogen (secondary N) is 2. The second-order valence-corrected chi connectivity index (χ2v) is 8.32. The number of aromatic nitrogens is 5. The van der Waals surface area contributed by atoms with Crippen molar-refractivity contribution in [3.8, 4) is 23.2 Å². The van der Waals surface area contributed by atoms with Crippen molar-refractivity contribution in [2.45, 2.75) is 26.2 Å². The molecule has 10 nitrogen and oxygen atoms in total. The van der Waals surface area contributed by atoms with E-state index in [0.717, 1.165) is 11.8 Å². The fraction of sp³-hybridized carbons (Fsp3) is 0.227. The number of aryl methyl sites for hydroxylation is 1. The number of anilines is 2. The quantitative estimate of drug-likeness (QED) is 0.428. The van der Waals surface area contributed by atoms with E-state index in [1.54, 1.807) is 19.2 Å². The van der Waals surface area contributed by atoms with Gasteiger partial charge in [-0.05, 0) is 6.07 Å². The monoisotopic (exact) mass is 469 g/mol. The second-order valence-electron chi connectivity index (χ2n) is 8.32. The minimum Gasteiger partial charge on any atom is -0.442 e. The smallest absolute Gasteiger partial charge is 0.324 e. The minimum atomic E-state index is -1.00. The lowest BCUT2D eigenvalue weighted by Gasteiger charge is -2.13. The topological polar surface area (TPSA) is 120 Å². The lowest BCUT2D eigenvalue weighted by Crippen LogP contribution is -2.21. The maximum atomic E-state index is 14.4. The van der Waals surface area contributed by atoms with E-state index in [9.17, 15) is 13.6 Å². The molecule has 0 unspecified atom stereocenters. The molecule has 0 radical (unpaired) electrons. The van der Waals surface area contributed by atoms with Gasteiger partial charge in [-0.15, -0.1) is 0 Å². The first kappa shape index (κ1) is 22.8. The third kappa shape index (κ3) is 5.00. The van der Waals surface area contributed by atoms with E-state index in [0.29, 0.717) is 23.3 Å². The maximum Gasteiger partial charge on any atom is 0.324 e. The van der Waals surface area contributed by atoms with Crippen LogP contribution in [0.15, 0.2) is 47.5 Å². The van der Waals surface area contributed by atoms with Crippen LogP contribution in [0.4, 0.5) is 25.1 Å². The van der Waals surface area contributed by atoms with Crippen molar-refractivity contribution < 1.29 is 22.7 Å². The average molecular weight is 469 g/mol. The normalized spacial score (nSPS) is 11.4. The van der Waals surface area contributed by atoms with E-state index >= 15 is 0 Å². The van der Waals surface area contributed by atoms with E-state index in [-0.39, 0.29) is 22.9 Å². The van der Waals surface area contributed by atoms with Crippen molar-refractivity contribution in [3.63, 3.8) is 0 Å². The summed E-state index contributed by atoms with van der Waals surface area (Å²) in [5, 5.41) is 9.30. The highest BCUT2D eigenvalue weighted by atomic mass is 19.1. The highest BCUT2D eigenvalue weighted by Gasteiger charge is 2.20. The molecule has 0 aliphatic heterocycles. The molecule has 0 spiro atoms. The summed E-state index contributed by atoms with van der Waals surface area (Å²) in [6, 6.07) is 3.90. The Morgan fingerprint density at radius 3 is 2.62 bits per heavy atom. The van der Waals surface area contributed by atoms with Crippen LogP contribution in [0, 0.1) is 11.6 Å². The zero-order valence-electron chi connectivity index (χ0n) is 18.8. The number of hydrogen-bond acceptors (Lipinski definition) is 7. The number of hydrogen-bond donors (Lipinski definition) is 2. The van der Waals surface area contributed by atoms with Crippen molar-refractivity contribution >= 4 is 17.5 Å². The lowest BCUT2D eigenvalue weighted by molar-refractivity contribution is 0.262. The third-order valence-electron chi connectivity index (χ3n) is 4.68. The molecule has 0 saturated heterocycles. The predicted octanol–water partition coefficient (Wildman–Crippen LogP) is 4.88. The number of rotatable bonds is 5. The Hall–Kier alpha value is -4.35. The van der Waals surface area contributed by atoms with Gasteiger partial charge in [-0.25, -0.2) is 23.5 Å². The van der Waals surface area contributed by atoms with Gasteiger partial charge < -0.3 is 14.5 Å². The molecule has 0 aliphatic carbocycles. The van der Waals surface area contributed by atoms with Gasteiger partial charge in [0, 0.05) is 36.9 Å². The van der Waals surface area contributed by atoms with Gasteiger partial charge in [-0.1, -0.05) is 20.8 Å². The summed E-state index contributed by atoms with van der Waals surface area (Å²) >= 11 is 0. The molecular weight excluding hydrogens is 448 g/mol. The third-order valence-corrected chi connectivity index (χ3v) is 4.68. The van der Waals surface area contributed by atoms with Crippen molar-refractivity contribution in [3.05, 3.63) is 60.4 Å². The largest absolute Gasteiger partial charge is 0.442 e. The molecule has 1 aromatic carbocycles. The summed E-state index contributed by atoms with van der Waals surface area (Å²) in [6.07, 6.45) is 4.06. The Morgan fingerprint density at radius 1 is 1.15 bits per heavy atom. The van der Waals surface area contributed by atoms with Gasteiger partial charge >= 0.3 is 12.0 Å². The van der Waals surface area contributed by atoms with Gasteiger partial charge in [0.2, 0.25) is 0 Å². The molecule has 34 heavy (non-hydrogen) atoms. The molecule has 0 atom stereocenters. The number of ether oxygens (including phenoxy) is 1. The summed E-state index contributed by atoms with van der Waals surface area (Å²) in [5.41, 5.74) is 0.588. The molecule has 3 aromatic heterocycles. The van der Waals surface area contributed by atoms with Crippen molar-refractivity contribution in [2.75, 3.05) is 10.6 Å². The first-order valence-electron chi connectivity index (χ1n) is 10.1. The molecule has 2 N–H and O–H groups in total. The first-order chi connectivity index (χ1) is 16.1. The van der Waals surface area contributed by atoms with Crippen LogP contribution in [0.5, 0.6) is 11.8 Å². The minimum absolute atomic E-state index is 0.209. The number of carbonyl (C=O) groups is 1. The van der Waals surface area contributed by atoms with Gasteiger partial charge in [0.05, 0.1) is 17.6 Å². The van der Waals surface area contributed by atoms with Crippen molar-refractivity contribution in [1.29, 1.82) is 0 Å². The van der Waals surface area contributed by atoms with Gasteiger partial charge in [0.1, 0.15) is 17.3 Å². The Balaban J connectivity index is 1.52. The van der Waals surface area contributed by atoms with Crippen LogP contribution in [0.3, 0.4) is 0 Å². The standard InChI is InChI=1S/C22H21F2N7O3/c1-22(2,3)18-9-19(31(4)30-18)29-20(32)27-15-8-16(13(24)7-12(15)23)34-21-26-6-5-14(28-21)17-10-25-11-33-17/h5-11H,1-4H3,(H2,27,29,32). The van der Waals surface area contributed by atoms with Crippen LogP contribution in [0.1, 0.15) is 26.5 Å². The zero-order valence-corrected chi connectivity index (χ0v) is 18.8. The number of carbonyl (C=O) groups excluding carboxylic acids is 1. The highest BCUT2D eigenvalue weighted by Crippen LogP contribution is 2.29. The molecule has 176 valence electrons. The Kier molecular flexibility index (Phi) is 5.97. The number of nitrogens with zero attached hydrogens (tertiary/aromatic N) is 5. The van der Waals surface area contributed by atoms with Gasteiger partial charge in [-0.3, -0.25) is 10.00 Å².